The van der Waals surface area contributed by atoms with Crippen LogP contribution < -0.4 is 0 Å². The van der Waals surface area contributed by atoms with Crippen LogP contribution in [0.3, 0.4) is 0 Å². The van der Waals surface area contributed by atoms with Crippen LogP contribution in [-0.2, 0) is 42.8 Å². The minimum Gasteiger partial charge on any atom is -0.463 e. The topological polar surface area (TPSA) is 107 Å². The fourth-order valence-electron chi connectivity index (χ4n) is 1.92. The predicted molar refractivity (Wildman–Crippen MR) is 81.2 cm³/mol. The Morgan fingerprint density at radius 1 is 0.792 bits per heavy atom. The third-order valence-corrected chi connectivity index (χ3v) is 2.82. The van der Waals surface area contributed by atoms with Gasteiger partial charge in [0.1, 0.15) is 18.8 Å². The summed E-state index contributed by atoms with van der Waals surface area (Å²) in [5.74, 6) is -2.04. The van der Waals surface area contributed by atoms with Gasteiger partial charge in [-0.25, -0.2) is 0 Å². The van der Waals surface area contributed by atoms with Crippen molar-refractivity contribution < 1.29 is 46.9 Å². The van der Waals surface area contributed by atoms with E-state index in [1.807, 2.05) is 0 Å². The van der Waals surface area contributed by atoms with Crippen molar-refractivity contribution in [2.24, 2.45) is 0 Å². The highest BCUT2D eigenvalue weighted by atomic mass is 16.6. The summed E-state index contributed by atoms with van der Waals surface area (Å²) in [5.41, 5.74) is 0. The second-order valence-corrected chi connectivity index (χ2v) is 4.73. The van der Waals surface area contributed by atoms with Gasteiger partial charge in [-0.1, -0.05) is 0 Å². The molecule has 9 nitrogen and oxygen atoms in total. The number of carbonyl (C=O) groups is 3. The fraction of sp³-hybridized carbons (Fsp3) is 0.800. The van der Waals surface area contributed by atoms with Crippen LogP contribution in [0.5, 0.6) is 0 Å². The molecule has 24 heavy (non-hydrogen) atoms. The molecular formula is C15H26O9. The van der Waals surface area contributed by atoms with Crippen LogP contribution in [0.25, 0.3) is 0 Å². The van der Waals surface area contributed by atoms with Gasteiger partial charge in [-0.15, -0.1) is 0 Å². The highest BCUT2D eigenvalue weighted by molar-refractivity contribution is 5.67. The summed E-state index contributed by atoms with van der Waals surface area (Å²) in [6, 6.07) is 0. The summed E-state index contributed by atoms with van der Waals surface area (Å²) >= 11 is 0. The second kappa shape index (κ2) is 11.8. The SMILES string of the molecule is [2H]COC[C@@H](OC(C)=O)[C@@H](OC[2H])[C@H](OC(C)=O)[C@H](COC(C)=O)OC[2H]. The van der Waals surface area contributed by atoms with E-state index in [9.17, 15) is 14.4 Å². The first kappa shape index (κ1) is 17.1. The first-order valence-electron chi connectivity index (χ1n) is 9.05. The molecule has 0 fully saturated rings. The molecular weight excluding hydrogens is 324 g/mol. The van der Waals surface area contributed by atoms with E-state index in [0.717, 1.165) is 13.8 Å². The smallest absolute Gasteiger partial charge is 0.303 e. The number of hydrogen-bond acceptors (Lipinski definition) is 9. The largest absolute Gasteiger partial charge is 0.463 e. The molecule has 0 saturated carbocycles. The number of hydrogen-bond donors (Lipinski definition) is 0. The first-order chi connectivity index (χ1) is 12.8. The molecule has 0 saturated heterocycles. The number of ether oxygens (including phenoxy) is 6. The maximum Gasteiger partial charge on any atom is 0.303 e. The van der Waals surface area contributed by atoms with Crippen molar-refractivity contribution in [2.75, 3.05) is 34.5 Å². The lowest BCUT2D eigenvalue weighted by atomic mass is 10.0. The average Bonchev–Trinajstić information content (AvgIpc) is 2.58. The third kappa shape index (κ3) is 8.23. The van der Waals surface area contributed by atoms with Crippen molar-refractivity contribution in [1.29, 1.82) is 0 Å². The van der Waals surface area contributed by atoms with Crippen molar-refractivity contribution >= 4 is 17.9 Å². The Morgan fingerprint density at radius 3 is 1.96 bits per heavy atom. The molecule has 0 spiro atoms. The maximum atomic E-state index is 11.6. The highest BCUT2D eigenvalue weighted by Crippen LogP contribution is 2.18. The number of carbonyl (C=O) groups excluding carboxylic acids is 3. The number of esters is 3. The summed E-state index contributed by atoms with van der Waals surface area (Å²) in [6.45, 7) is 2.79. The van der Waals surface area contributed by atoms with Gasteiger partial charge in [0.25, 0.3) is 0 Å². The Hall–Kier alpha value is -1.71. The summed E-state index contributed by atoms with van der Waals surface area (Å²) in [6.07, 6.45) is -4.78. The Bertz CT molecular complexity index is 464. The van der Waals surface area contributed by atoms with Gasteiger partial charge in [0.05, 0.1) is 10.7 Å². The summed E-state index contributed by atoms with van der Waals surface area (Å²) in [4.78, 5) is 34.1. The molecule has 0 heterocycles. The van der Waals surface area contributed by atoms with Gasteiger partial charge in [-0.3, -0.25) is 14.4 Å². The lowest BCUT2D eigenvalue weighted by Crippen LogP contribution is -2.52. The Balaban J connectivity index is 5.75. The molecule has 0 rings (SSSR count). The molecule has 0 amide bonds. The molecule has 4 atom stereocenters. The summed E-state index contributed by atoms with van der Waals surface area (Å²) < 4.78 is 52.3. The molecule has 9 heteroatoms. The van der Waals surface area contributed by atoms with Gasteiger partial charge in [-0.2, -0.15) is 0 Å². The van der Waals surface area contributed by atoms with E-state index < -0.39 is 63.6 Å². The lowest BCUT2D eigenvalue weighted by Gasteiger charge is -2.34. The minimum absolute atomic E-state index is 0.271. The van der Waals surface area contributed by atoms with Gasteiger partial charge in [-0.05, 0) is 0 Å². The second-order valence-electron chi connectivity index (χ2n) is 4.73. The molecule has 0 bridgehead atoms. The molecule has 0 aliphatic carbocycles. The number of rotatable bonds is 11. The van der Waals surface area contributed by atoms with Crippen LogP contribution in [0.1, 0.15) is 24.9 Å². The van der Waals surface area contributed by atoms with Crippen LogP contribution >= 0.6 is 0 Å². The van der Waals surface area contributed by atoms with Crippen molar-refractivity contribution in [1.82, 2.24) is 0 Å². The molecule has 0 radical (unpaired) electrons. The van der Waals surface area contributed by atoms with Gasteiger partial charge in [0, 0.05) is 42.0 Å². The Morgan fingerprint density at radius 2 is 1.46 bits per heavy atom. The third-order valence-electron chi connectivity index (χ3n) is 2.82. The van der Waals surface area contributed by atoms with E-state index >= 15 is 0 Å². The minimum atomic E-state index is -1.28. The van der Waals surface area contributed by atoms with Crippen molar-refractivity contribution in [2.45, 2.75) is 45.2 Å². The molecule has 0 unspecified atom stereocenters. The molecule has 0 aromatic rings. The van der Waals surface area contributed by atoms with E-state index in [1.165, 1.54) is 6.92 Å². The normalized spacial score (nSPS) is 17.4. The molecule has 0 aromatic carbocycles. The fourth-order valence-corrected chi connectivity index (χ4v) is 1.92. The standard InChI is InChI=1S/C15H26O9/c1-9(16)22-8-12(20-5)15(24-11(3)18)14(21-6)13(7-19-4)23-10(2)17/h12-15H,7-8H2,1-6H3/t12-,13+,14+,15+/m0/s1/i4D,5D,6D. The predicted octanol–water partition coefficient (Wildman–Crippen LogP) is 0.0893. The average molecular weight is 353 g/mol. The van der Waals surface area contributed by atoms with Crippen LogP contribution in [0.4, 0.5) is 0 Å². The maximum absolute atomic E-state index is 11.6. The molecule has 0 N–H and O–H groups in total. The van der Waals surface area contributed by atoms with Crippen molar-refractivity contribution in [3.63, 3.8) is 0 Å². The summed E-state index contributed by atoms with van der Waals surface area (Å²) in [5, 5.41) is 0. The summed E-state index contributed by atoms with van der Waals surface area (Å²) in [7, 11) is -1.55. The zero-order valence-electron chi connectivity index (χ0n) is 17.0. The van der Waals surface area contributed by atoms with Crippen LogP contribution in [0.2, 0.25) is 0 Å². The van der Waals surface area contributed by atoms with Crippen LogP contribution in [0, 0.1) is 0 Å². The zero-order valence-corrected chi connectivity index (χ0v) is 14.0. The molecule has 0 aromatic heterocycles. The molecule has 140 valence electrons. The van der Waals surface area contributed by atoms with Crippen LogP contribution in [0.15, 0.2) is 0 Å². The van der Waals surface area contributed by atoms with E-state index in [1.54, 1.807) is 0 Å². The van der Waals surface area contributed by atoms with E-state index in [2.05, 4.69) is 0 Å². The van der Waals surface area contributed by atoms with E-state index in [4.69, 9.17) is 32.5 Å². The van der Waals surface area contributed by atoms with E-state index in [-0.39, 0.29) is 13.2 Å². The van der Waals surface area contributed by atoms with Gasteiger partial charge in [0.15, 0.2) is 12.2 Å². The Kier molecular flexibility index (Phi) is 8.40. The molecule has 0 aliphatic heterocycles. The van der Waals surface area contributed by atoms with E-state index in [0.29, 0.717) is 0 Å². The zero-order chi connectivity index (χ0) is 20.8. The lowest BCUT2D eigenvalue weighted by molar-refractivity contribution is -0.194. The van der Waals surface area contributed by atoms with Crippen LogP contribution in [-0.4, -0.2) is 76.8 Å². The van der Waals surface area contributed by atoms with Crippen molar-refractivity contribution in [3.8, 4) is 0 Å². The van der Waals surface area contributed by atoms with Gasteiger partial charge >= 0.3 is 17.9 Å². The molecule has 0 aliphatic rings. The van der Waals surface area contributed by atoms with Gasteiger partial charge < -0.3 is 28.4 Å². The monoisotopic (exact) mass is 353 g/mol. The van der Waals surface area contributed by atoms with Crippen molar-refractivity contribution in [3.05, 3.63) is 0 Å². The highest BCUT2D eigenvalue weighted by Gasteiger charge is 2.40. The first-order valence-corrected chi connectivity index (χ1v) is 6.93. The quantitative estimate of drug-likeness (QED) is 0.377. The van der Waals surface area contributed by atoms with Gasteiger partial charge in [0.2, 0.25) is 0 Å². The Labute approximate surface area is 145 Å². The number of methoxy groups -OCH3 is 3.